The van der Waals surface area contributed by atoms with E-state index in [1.165, 1.54) is 7.11 Å². The number of ether oxygens (including phenoxy) is 1. The van der Waals surface area contributed by atoms with E-state index in [9.17, 15) is 9.59 Å². The second-order valence-corrected chi connectivity index (χ2v) is 6.32. The summed E-state index contributed by atoms with van der Waals surface area (Å²) in [4.78, 5) is 30.7. The molecule has 3 rings (SSSR count). The van der Waals surface area contributed by atoms with Gasteiger partial charge in [0.25, 0.3) is 5.91 Å². The highest BCUT2D eigenvalue weighted by atomic mass is 16.5. The Morgan fingerprint density at radius 1 is 1.35 bits per heavy atom. The second kappa shape index (κ2) is 8.09. The fourth-order valence-electron chi connectivity index (χ4n) is 2.63. The van der Waals surface area contributed by atoms with Crippen molar-refractivity contribution < 1.29 is 14.3 Å². The summed E-state index contributed by atoms with van der Waals surface area (Å²) in [6.07, 6.45) is 6.63. The molecule has 1 saturated carbocycles. The number of hydrogen-bond donors (Lipinski definition) is 2. The van der Waals surface area contributed by atoms with Crippen LogP contribution in [0.25, 0.3) is 11.1 Å². The molecular formula is C18H23N5O3. The van der Waals surface area contributed by atoms with E-state index in [0.29, 0.717) is 18.8 Å². The molecule has 1 aliphatic rings. The van der Waals surface area contributed by atoms with Gasteiger partial charge in [-0.05, 0) is 25.8 Å². The molecule has 2 N–H and O–H groups in total. The van der Waals surface area contributed by atoms with Crippen molar-refractivity contribution in [2.45, 2.75) is 31.9 Å². The quantitative estimate of drug-likeness (QED) is 0.740. The number of carbonyl (C=O) groups excluding carboxylic acids is 2. The summed E-state index contributed by atoms with van der Waals surface area (Å²) < 4.78 is 4.98. The van der Waals surface area contributed by atoms with Crippen LogP contribution < -0.4 is 5.32 Å². The molecule has 0 radical (unpaired) electrons. The highest BCUT2D eigenvalue weighted by Gasteiger charge is 2.33. The Bertz CT molecular complexity index is 741. The maximum Gasteiger partial charge on any atom is 0.272 e. The van der Waals surface area contributed by atoms with Crippen LogP contribution in [0.1, 0.15) is 30.3 Å². The zero-order valence-corrected chi connectivity index (χ0v) is 14.9. The number of aromatic amines is 1. The average Bonchev–Trinajstić information content (AvgIpc) is 3.36. The minimum absolute atomic E-state index is 0.111. The predicted octanol–water partition coefficient (Wildman–Crippen LogP) is 1.23. The zero-order valence-electron chi connectivity index (χ0n) is 14.9. The van der Waals surface area contributed by atoms with Crippen molar-refractivity contribution in [3.8, 4) is 11.1 Å². The number of H-pyrrole nitrogens is 1. The normalized spacial score (nSPS) is 14.7. The molecule has 0 spiro atoms. The standard InChI is InChI=1S/C18H23N5O3/c1-12(26-2)17(24)19-7-8-23(15-4-5-15)18(25)16-6-3-13(9-20-16)14-10-21-22-11-14/h3,6,9-12,15H,4-5,7-8H2,1-2H3,(H,19,24)(H,21,22)/t12-/m1/s1. The second-order valence-electron chi connectivity index (χ2n) is 6.32. The number of hydrogen-bond acceptors (Lipinski definition) is 5. The number of aromatic nitrogens is 3. The maximum atomic E-state index is 12.8. The fourth-order valence-corrected chi connectivity index (χ4v) is 2.63. The molecule has 1 aliphatic carbocycles. The number of pyridine rings is 1. The topological polar surface area (TPSA) is 100 Å². The molecule has 0 unspecified atom stereocenters. The molecular weight excluding hydrogens is 334 g/mol. The van der Waals surface area contributed by atoms with Gasteiger partial charge in [-0.3, -0.25) is 19.7 Å². The van der Waals surface area contributed by atoms with Crippen molar-refractivity contribution in [3.63, 3.8) is 0 Å². The smallest absolute Gasteiger partial charge is 0.272 e. The van der Waals surface area contributed by atoms with E-state index >= 15 is 0 Å². The largest absolute Gasteiger partial charge is 0.372 e. The summed E-state index contributed by atoms with van der Waals surface area (Å²) in [7, 11) is 1.49. The van der Waals surface area contributed by atoms with Gasteiger partial charge >= 0.3 is 0 Å². The average molecular weight is 357 g/mol. The van der Waals surface area contributed by atoms with Crippen molar-refractivity contribution in [1.82, 2.24) is 25.4 Å². The molecule has 2 heterocycles. The number of rotatable bonds is 8. The van der Waals surface area contributed by atoms with E-state index in [-0.39, 0.29) is 17.9 Å². The van der Waals surface area contributed by atoms with Crippen molar-refractivity contribution in [2.75, 3.05) is 20.2 Å². The van der Waals surface area contributed by atoms with E-state index in [4.69, 9.17) is 4.74 Å². The van der Waals surface area contributed by atoms with Crippen LogP contribution in [0.15, 0.2) is 30.7 Å². The first-order chi connectivity index (χ1) is 12.6. The molecule has 8 nitrogen and oxygen atoms in total. The fraction of sp³-hybridized carbons (Fsp3) is 0.444. The number of nitrogens with zero attached hydrogens (tertiary/aromatic N) is 3. The lowest BCUT2D eigenvalue weighted by Gasteiger charge is -2.22. The molecule has 1 atom stereocenters. The minimum Gasteiger partial charge on any atom is -0.372 e. The summed E-state index contributed by atoms with van der Waals surface area (Å²) in [6.45, 7) is 2.53. The van der Waals surface area contributed by atoms with E-state index in [2.05, 4.69) is 20.5 Å². The van der Waals surface area contributed by atoms with Gasteiger partial charge in [0.1, 0.15) is 11.8 Å². The third-order valence-electron chi connectivity index (χ3n) is 4.44. The van der Waals surface area contributed by atoms with Crippen LogP contribution in [-0.2, 0) is 9.53 Å². The third-order valence-corrected chi connectivity index (χ3v) is 4.44. The summed E-state index contributed by atoms with van der Waals surface area (Å²) in [6, 6.07) is 3.82. The van der Waals surface area contributed by atoms with Gasteiger partial charge in [0.15, 0.2) is 0 Å². The van der Waals surface area contributed by atoms with E-state index in [1.54, 1.807) is 36.5 Å². The van der Waals surface area contributed by atoms with Gasteiger partial charge in [-0.2, -0.15) is 5.10 Å². The first kappa shape index (κ1) is 18.1. The van der Waals surface area contributed by atoms with Crippen LogP contribution in [-0.4, -0.2) is 64.2 Å². The Balaban J connectivity index is 1.61. The van der Waals surface area contributed by atoms with Crippen LogP contribution >= 0.6 is 0 Å². The Hall–Kier alpha value is -2.74. The SMILES string of the molecule is CO[C@H](C)C(=O)NCCN(C(=O)c1ccc(-c2cn[nH]c2)cn1)C1CC1. The van der Waals surface area contributed by atoms with Crippen LogP contribution in [0.2, 0.25) is 0 Å². The summed E-state index contributed by atoms with van der Waals surface area (Å²) >= 11 is 0. The lowest BCUT2D eigenvalue weighted by Crippen LogP contribution is -2.42. The molecule has 2 aromatic heterocycles. The van der Waals surface area contributed by atoms with E-state index in [1.807, 2.05) is 6.07 Å². The Labute approximate surface area is 151 Å². The molecule has 26 heavy (non-hydrogen) atoms. The molecule has 8 heteroatoms. The zero-order chi connectivity index (χ0) is 18.5. The van der Waals surface area contributed by atoms with Crippen molar-refractivity contribution in [2.24, 2.45) is 0 Å². The Morgan fingerprint density at radius 3 is 2.73 bits per heavy atom. The van der Waals surface area contributed by atoms with E-state index in [0.717, 1.165) is 24.0 Å². The van der Waals surface area contributed by atoms with Crippen LogP contribution in [0.5, 0.6) is 0 Å². The first-order valence-electron chi connectivity index (χ1n) is 8.67. The van der Waals surface area contributed by atoms with E-state index < -0.39 is 6.10 Å². The summed E-state index contributed by atoms with van der Waals surface area (Å²) in [5, 5.41) is 9.46. The summed E-state index contributed by atoms with van der Waals surface area (Å²) in [5.74, 6) is -0.293. The third kappa shape index (κ3) is 4.26. The monoisotopic (exact) mass is 357 g/mol. The number of methoxy groups -OCH3 is 1. The molecule has 0 aromatic carbocycles. The molecule has 138 valence electrons. The molecule has 1 fully saturated rings. The minimum atomic E-state index is -0.503. The van der Waals surface area contributed by atoms with Crippen LogP contribution in [0.3, 0.4) is 0 Å². The lowest BCUT2D eigenvalue weighted by atomic mass is 10.1. The van der Waals surface area contributed by atoms with Crippen molar-refractivity contribution in [1.29, 1.82) is 0 Å². The highest BCUT2D eigenvalue weighted by Crippen LogP contribution is 2.28. The Kier molecular flexibility index (Phi) is 5.62. The van der Waals surface area contributed by atoms with Gasteiger partial charge in [-0.25, -0.2) is 0 Å². The van der Waals surface area contributed by atoms with Gasteiger partial charge in [0, 0.05) is 49.8 Å². The number of nitrogens with one attached hydrogen (secondary N) is 2. The lowest BCUT2D eigenvalue weighted by molar-refractivity contribution is -0.130. The predicted molar refractivity (Wildman–Crippen MR) is 95.4 cm³/mol. The number of amides is 2. The van der Waals surface area contributed by atoms with Crippen LogP contribution in [0.4, 0.5) is 0 Å². The molecule has 2 aromatic rings. The van der Waals surface area contributed by atoms with Gasteiger partial charge in [0.2, 0.25) is 5.91 Å². The molecule has 0 bridgehead atoms. The maximum absolute atomic E-state index is 12.8. The van der Waals surface area contributed by atoms with Gasteiger partial charge in [0.05, 0.1) is 6.20 Å². The summed E-state index contributed by atoms with van der Waals surface area (Å²) in [5.41, 5.74) is 2.22. The molecule has 0 saturated heterocycles. The van der Waals surface area contributed by atoms with Crippen molar-refractivity contribution in [3.05, 3.63) is 36.4 Å². The highest BCUT2D eigenvalue weighted by molar-refractivity contribution is 5.93. The van der Waals surface area contributed by atoms with Gasteiger partial charge in [-0.1, -0.05) is 6.07 Å². The molecule has 0 aliphatic heterocycles. The number of carbonyl (C=O) groups is 2. The van der Waals surface area contributed by atoms with Crippen molar-refractivity contribution >= 4 is 11.8 Å². The first-order valence-corrected chi connectivity index (χ1v) is 8.67. The van der Waals surface area contributed by atoms with Gasteiger partial charge < -0.3 is 15.0 Å². The molecule has 2 amide bonds. The Morgan fingerprint density at radius 2 is 2.15 bits per heavy atom. The van der Waals surface area contributed by atoms with Crippen LogP contribution in [0, 0.1) is 0 Å². The van der Waals surface area contributed by atoms with Gasteiger partial charge in [-0.15, -0.1) is 0 Å².